The minimum atomic E-state index is -0.226. The molecule has 0 bridgehead atoms. The molecule has 0 aliphatic heterocycles. The van der Waals surface area contributed by atoms with E-state index in [9.17, 15) is 4.39 Å². The standard InChI is InChI=1S/C13H18FNO/c1-9(15)13(16-12-3-2-4-12)10-5-7-11(14)8-6-10/h5-9,12-13H,2-4,15H2,1H3. The molecule has 0 heterocycles. The Morgan fingerprint density at radius 1 is 1.31 bits per heavy atom. The number of hydrogen-bond donors (Lipinski definition) is 1. The van der Waals surface area contributed by atoms with Gasteiger partial charge in [0.15, 0.2) is 0 Å². The number of rotatable bonds is 4. The molecular formula is C13H18FNO. The second-order valence-electron chi connectivity index (χ2n) is 4.52. The average Bonchev–Trinajstić information content (AvgIpc) is 2.18. The quantitative estimate of drug-likeness (QED) is 0.851. The van der Waals surface area contributed by atoms with Crippen molar-refractivity contribution in [1.82, 2.24) is 0 Å². The van der Waals surface area contributed by atoms with Crippen LogP contribution in [0.1, 0.15) is 37.9 Å². The lowest BCUT2D eigenvalue weighted by Gasteiger charge is -2.32. The van der Waals surface area contributed by atoms with Gasteiger partial charge < -0.3 is 10.5 Å². The first kappa shape index (κ1) is 11.6. The van der Waals surface area contributed by atoms with Gasteiger partial charge in [0, 0.05) is 6.04 Å². The average molecular weight is 223 g/mol. The third kappa shape index (κ3) is 2.60. The molecular weight excluding hydrogens is 205 g/mol. The van der Waals surface area contributed by atoms with Crippen molar-refractivity contribution in [1.29, 1.82) is 0 Å². The fraction of sp³-hybridized carbons (Fsp3) is 0.538. The summed E-state index contributed by atoms with van der Waals surface area (Å²) in [5.41, 5.74) is 6.88. The van der Waals surface area contributed by atoms with Crippen LogP contribution in [0.25, 0.3) is 0 Å². The molecule has 88 valence electrons. The highest BCUT2D eigenvalue weighted by molar-refractivity contribution is 5.20. The van der Waals surface area contributed by atoms with E-state index < -0.39 is 0 Å². The van der Waals surface area contributed by atoms with E-state index in [-0.39, 0.29) is 18.0 Å². The number of nitrogens with two attached hydrogens (primary N) is 1. The van der Waals surface area contributed by atoms with Crippen molar-refractivity contribution in [3.05, 3.63) is 35.6 Å². The Bertz CT molecular complexity index is 332. The second kappa shape index (κ2) is 4.93. The maximum atomic E-state index is 12.8. The van der Waals surface area contributed by atoms with Crippen molar-refractivity contribution < 1.29 is 9.13 Å². The topological polar surface area (TPSA) is 35.2 Å². The van der Waals surface area contributed by atoms with Crippen LogP contribution in [0.3, 0.4) is 0 Å². The summed E-state index contributed by atoms with van der Waals surface area (Å²) >= 11 is 0. The van der Waals surface area contributed by atoms with Gasteiger partial charge in [0.2, 0.25) is 0 Å². The highest BCUT2D eigenvalue weighted by Crippen LogP contribution is 2.30. The van der Waals surface area contributed by atoms with Gasteiger partial charge in [-0.3, -0.25) is 0 Å². The molecule has 1 saturated carbocycles. The van der Waals surface area contributed by atoms with Gasteiger partial charge >= 0.3 is 0 Å². The summed E-state index contributed by atoms with van der Waals surface area (Å²) in [6, 6.07) is 6.33. The van der Waals surface area contributed by atoms with Gasteiger partial charge in [-0.2, -0.15) is 0 Å². The van der Waals surface area contributed by atoms with Crippen LogP contribution in [0.2, 0.25) is 0 Å². The first-order valence-corrected chi connectivity index (χ1v) is 5.83. The maximum absolute atomic E-state index is 12.8. The third-order valence-electron chi connectivity index (χ3n) is 3.07. The van der Waals surface area contributed by atoms with E-state index in [1.165, 1.54) is 18.6 Å². The lowest BCUT2D eigenvalue weighted by molar-refractivity contribution is -0.0611. The molecule has 2 unspecified atom stereocenters. The first-order chi connectivity index (χ1) is 7.66. The minimum absolute atomic E-state index is 0.0777. The summed E-state index contributed by atoms with van der Waals surface area (Å²) in [6.07, 6.45) is 3.68. The van der Waals surface area contributed by atoms with Crippen LogP contribution in [0.4, 0.5) is 4.39 Å². The monoisotopic (exact) mass is 223 g/mol. The van der Waals surface area contributed by atoms with Crippen molar-refractivity contribution in [2.45, 2.75) is 44.4 Å². The molecule has 3 heteroatoms. The van der Waals surface area contributed by atoms with Crippen LogP contribution in [0.15, 0.2) is 24.3 Å². The number of hydrogen-bond acceptors (Lipinski definition) is 2. The summed E-state index contributed by atoms with van der Waals surface area (Å²) < 4.78 is 18.7. The van der Waals surface area contributed by atoms with Crippen LogP contribution in [-0.2, 0) is 4.74 Å². The molecule has 1 aliphatic carbocycles. The zero-order chi connectivity index (χ0) is 11.5. The van der Waals surface area contributed by atoms with Crippen molar-refractivity contribution in [2.24, 2.45) is 5.73 Å². The normalized spacial score (nSPS) is 20.2. The Morgan fingerprint density at radius 3 is 2.38 bits per heavy atom. The minimum Gasteiger partial charge on any atom is -0.369 e. The Hall–Kier alpha value is -0.930. The van der Waals surface area contributed by atoms with Crippen LogP contribution in [0.5, 0.6) is 0 Å². The van der Waals surface area contributed by atoms with E-state index in [2.05, 4.69) is 0 Å². The lowest BCUT2D eigenvalue weighted by atomic mass is 9.95. The van der Waals surface area contributed by atoms with Crippen LogP contribution >= 0.6 is 0 Å². The van der Waals surface area contributed by atoms with Gasteiger partial charge in [-0.15, -0.1) is 0 Å². The molecule has 2 rings (SSSR count). The van der Waals surface area contributed by atoms with Gasteiger partial charge in [0.25, 0.3) is 0 Å². The molecule has 2 N–H and O–H groups in total. The first-order valence-electron chi connectivity index (χ1n) is 5.83. The summed E-state index contributed by atoms with van der Waals surface area (Å²) in [6.45, 7) is 1.92. The van der Waals surface area contributed by atoms with E-state index in [0.29, 0.717) is 6.10 Å². The Kier molecular flexibility index (Phi) is 3.56. The third-order valence-corrected chi connectivity index (χ3v) is 3.07. The summed E-state index contributed by atoms with van der Waals surface area (Å²) in [7, 11) is 0. The van der Waals surface area contributed by atoms with E-state index in [1.54, 1.807) is 12.1 Å². The summed E-state index contributed by atoms with van der Waals surface area (Å²) in [5, 5.41) is 0. The Labute approximate surface area is 95.6 Å². The van der Waals surface area contributed by atoms with Gasteiger partial charge in [-0.1, -0.05) is 12.1 Å². The maximum Gasteiger partial charge on any atom is 0.123 e. The molecule has 2 atom stereocenters. The molecule has 0 radical (unpaired) electrons. The second-order valence-corrected chi connectivity index (χ2v) is 4.52. The van der Waals surface area contributed by atoms with E-state index in [1.807, 2.05) is 6.92 Å². The number of benzene rings is 1. The van der Waals surface area contributed by atoms with E-state index in [4.69, 9.17) is 10.5 Å². The predicted octanol–water partition coefficient (Wildman–Crippen LogP) is 2.78. The molecule has 0 saturated heterocycles. The predicted molar refractivity (Wildman–Crippen MR) is 61.5 cm³/mol. The van der Waals surface area contributed by atoms with Crippen molar-refractivity contribution in [3.8, 4) is 0 Å². The largest absolute Gasteiger partial charge is 0.369 e. The highest BCUT2D eigenvalue weighted by Gasteiger charge is 2.25. The molecule has 0 amide bonds. The van der Waals surface area contributed by atoms with Crippen LogP contribution < -0.4 is 5.73 Å². The zero-order valence-corrected chi connectivity index (χ0v) is 9.53. The van der Waals surface area contributed by atoms with Crippen LogP contribution in [-0.4, -0.2) is 12.1 Å². The molecule has 0 aromatic heterocycles. The van der Waals surface area contributed by atoms with Crippen molar-refractivity contribution in [2.75, 3.05) is 0 Å². The van der Waals surface area contributed by atoms with Gasteiger partial charge in [0.05, 0.1) is 12.2 Å². The van der Waals surface area contributed by atoms with Crippen LogP contribution in [0, 0.1) is 5.82 Å². The lowest BCUT2D eigenvalue weighted by Crippen LogP contribution is -2.33. The van der Waals surface area contributed by atoms with Gasteiger partial charge in [-0.25, -0.2) is 4.39 Å². The molecule has 1 aliphatic rings. The van der Waals surface area contributed by atoms with Gasteiger partial charge in [0.1, 0.15) is 5.82 Å². The number of ether oxygens (including phenoxy) is 1. The molecule has 1 fully saturated rings. The fourth-order valence-corrected chi connectivity index (χ4v) is 1.87. The molecule has 16 heavy (non-hydrogen) atoms. The summed E-state index contributed by atoms with van der Waals surface area (Å²) in [5.74, 6) is -0.226. The fourth-order valence-electron chi connectivity index (χ4n) is 1.87. The molecule has 1 aromatic rings. The number of halogens is 1. The van der Waals surface area contributed by atoms with Gasteiger partial charge in [-0.05, 0) is 43.9 Å². The molecule has 2 nitrogen and oxygen atoms in total. The molecule has 1 aromatic carbocycles. The van der Waals surface area contributed by atoms with E-state index >= 15 is 0 Å². The van der Waals surface area contributed by atoms with Crippen molar-refractivity contribution >= 4 is 0 Å². The zero-order valence-electron chi connectivity index (χ0n) is 9.53. The Balaban J connectivity index is 2.08. The Morgan fingerprint density at radius 2 is 1.94 bits per heavy atom. The van der Waals surface area contributed by atoms with Crippen molar-refractivity contribution in [3.63, 3.8) is 0 Å². The highest BCUT2D eigenvalue weighted by atomic mass is 19.1. The SMILES string of the molecule is CC(N)C(OC1CCC1)c1ccc(F)cc1. The van der Waals surface area contributed by atoms with E-state index in [0.717, 1.165) is 18.4 Å². The smallest absolute Gasteiger partial charge is 0.123 e. The molecule has 0 spiro atoms. The summed E-state index contributed by atoms with van der Waals surface area (Å²) in [4.78, 5) is 0.